The van der Waals surface area contributed by atoms with Crippen LogP contribution in [0.4, 0.5) is 0 Å². The Hall–Kier alpha value is -0.860. The van der Waals surface area contributed by atoms with Crippen LogP contribution < -0.4 is 5.32 Å². The Bertz CT molecular complexity index is 398. The third-order valence-electron chi connectivity index (χ3n) is 4.77. The molecule has 2 heteroatoms. The van der Waals surface area contributed by atoms with E-state index in [1.807, 2.05) is 7.05 Å². The fourth-order valence-electron chi connectivity index (χ4n) is 3.21. The molecule has 0 atom stereocenters. The van der Waals surface area contributed by atoms with Crippen LogP contribution in [0.1, 0.15) is 50.7 Å². The van der Waals surface area contributed by atoms with Crippen LogP contribution >= 0.6 is 0 Å². The molecule has 0 amide bonds. The lowest BCUT2D eigenvalue weighted by molar-refractivity contribution is 0.123. The van der Waals surface area contributed by atoms with E-state index in [0.29, 0.717) is 5.41 Å². The molecule has 0 unspecified atom stereocenters. The summed E-state index contributed by atoms with van der Waals surface area (Å²) in [5.74, 6) is 0. The lowest BCUT2D eigenvalue weighted by Gasteiger charge is -2.38. The van der Waals surface area contributed by atoms with E-state index in [0.717, 1.165) is 19.1 Å². The van der Waals surface area contributed by atoms with Crippen molar-refractivity contribution >= 4 is 0 Å². The van der Waals surface area contributed by atoms with Crippen LogP contribution in [0.5, 0.6) is 0 Å². The SMILES string of the molecule is CNCc1ccc(CN(C)C2CCC(C)(C)CC2)cc1. The molecule has 1 aromatic rings. The molecule has 0 aliphatic heterocycles. The second kappa shape index (κ2) is 6.73. The molecule has 0 radical (unpaired) electrons. The van der Waals surface area contributed by atoms with Crippen LogP contribution in [0.15, 0.2) is 24.3 Å². The van der Waals surface area contributed by atoms with Gasteiger partial charge in [0, 0.05) is 19.1 Å². The van der Waals surface area contributed by atoms with Crippen molar-refractivity contribution in [3.63, 3.8) is 0 Å². The van der Waals surface area contributed by atoms with Crippen molar-refractivity contribution in [2.75, 3.05) is 14.1 Å². The molecular weight excluding hydrogens is 244 g/mol. The molecule has 1 aromatic carbocycles. The van der Waals surface area contributed by atoms with Crippen LogP contribution in [-0.4, -0.2) is 25.0 Å². The molecule has 20 heavy (non-hydrogen) atoms. The average Bonchev–Trinajstić information content (AvgIpc) is 2.41. The summed E-state index contributed by atoms with van der Waals surface area (Å²) in [5, 5.41) is 3.19. The molecule has 0 bridgehead atoms. The highest BCUT2D eigenvalue weighted by Crippen LogP contribution is 2.36. The van der Waals surface area contributed by atoms with E-state index in [-0.39, 0.29) is 0 Å². The third-order valence-corrected chi connectivity index (χ3v) is 4.77. The standard InChI is InChI=1S/C18H30N2/c1-18(2)11-9-17(10-12-18)20(4)14-16-7-5-15(6-8-16)13-19-3/h5-8,17,19H,9-14H2,1-4H3. The molecule has 2 nitrogen and oxygen atoms in total. The number of hydrogen-bond acceptors (Lipinski definition) is 2. The van der Waals surface area contributed by atoms with Gasteiger partial charge in [0.1, 0.15) is 0 Å². The zero-order valence-electron chi connectivity index (χ0n) is 13.6. The second-order valence-electron chi connectivity index (χ2n) is 7.16. The summed E-state index contributed by atoms with van der Waals surface area (Å²) in [6.45, 7) is 6.84. The molecular formula is C18H30N2. The number of nitrogens with zero attached hydrogens (tertiary/aromatic N) is 1. The van der Waals surface area contributed by atoms with E-state index in [4.69, 9.17) is 0 Å². The van der Waals surface area contributed by atoms with Crippen molar-refractivity contribution in [1.29, 1.82) is 0 Å². The van der Waals surface area contributed by atoms with Crippen LogP contribution in [0.25, 0.3) is 0 Å². The van der Waals surface area contributed by atoms with Gasteiger partial charge in [-0.2, -0.15) is 0 Å². The zero-order chi connectivity index (χ0) is 14.6. The molecule has 0 saturated heterocycles. The second-order valence-corrected chi connectivity index (χ2v) is 7.16. The highest BCUT2D eigenvalue weighted by Gasteiger charge is 2.28. The van der Waals surface area contributed by atoms with Gasteiger partial charge in [-0.1, -0.05) is 38.1 Å². The van der Waals surface area contributed by atoms with Gasteiger partial charge in [-0.05, 0) is 56.3 Å². The van der Waals surface area contributed by atoms with E-state index >= 15 is 0 Å². The Labute approximate surface area is 124 Å². The Kier molecular flexibility index (Phi) is 5.22. The predicted molar refractivity (Wildman–Crippen MR) is 86.7 cm³/mol. The molecule has 2 rings (SSSR count). The first-order chi connectivity index (χ1) is 9.50. The predicted octanol–water partition coefficient (Wildman–Crippen LogP) is 3.81. The largest absolute Gasteiger partial charge is 0.316 e. The van der Waals surface area contributed by atoms with Gasteiger partial charge >= 0.3 is 0 Å². The van der Waals surface area contributed by atoms with Gasteiger partial charge in [-0.15, -0.1) is 0 Å². The van der Waals surface area contributed by atoms with Gasteiger partial charge in [0.2, 0.25) is 0 Å². The van der Waals surface area contributed by atoms with E-state index < -0.39 is 0 Å². The first-order valence-electron chi connectivity index (χ1n) is 7.93. The van der Waals surface area contributed by atoms with Crippen molar-refractivity contribution in [3.8, 4) is 0 Å². The fraction of sp³-hybridized carbons (Fsp3) is 0.667. The van der Waals surface area contributed by atoms with Gasteiger partial charge in [0.05, 0.1) is 0 Å². The van der Waals surface area contributed by atoms with Crippen LogP contribution in [-0.2, 0) is 13.1 Å². The van der Waals surface area contributed by atoms with Crippen molar-refractivity contribution in [2.45, 2.75) is 58.7 Å². The van der Waals surface area contributed by atoms with Crippen LogP contribution in [0, 0.1) is 5.41 Å². The molecule has 112 valence electrons. The van der Waals surface area contributed by atoms with E-state index in [1.165, 1.54) is 36.8 Å². The highest BCUT2D eigenvalue weighted by molar-refractivity contribution is 5.22. The lowest BCUT2D eigenvalue weighted by Crippen LogP contribution is -2.36. The summed E-state index contributed by atoms with van der Waals surface area (Å²) in [5.41, 5.74) is 3.35. The minimum atomic E-state index is 0.562. The molecule has 0 spiro atoms. The number of nitrogens with one attached hydrogen (secondary N) is 1. The maximum Gasteiger partial charge on any atom is 0.0233 e. The van der Waals surface area contributed by atoms with E-state index in [2.05, 4.69) is 55.4 Å². The molecule has 1 saturated carbocycles. The van der Waals surface area contributed by atoms with Crippen molar-refractivity contribution in [2.24, 2.45) is 5.41 Å². The molecule has 1 fully saturated rings. The number of rotatable bonds is 5. The minimum absolute atomic E-state index is 0.562. The number of hydrogen-bond donors (Lipinski definition) is 1. The van der Waals surface area contributed by atoms with Crippen molar-refractivity contribution < 1.29 is 0 Å². The van der Waals surface area contributed by atoms with Gasteiger partial charge in [-0.25, -0.2) is 0 Å². The van der Waals surface area contributed by atoms with Crippen molar-refractivity contribution in [1.82, 2.24) is 10.2 Å². The summed E-state index contributed by atoms with van der Waals surface area (Å²) in [4.78, 5) is 2.54. The third kappa shape index (κ3) is 4.32. The van der Waals surface area contributed by atoms with E-state index in [9.17, 15) is 0 Å². The maximum atomic E-state index is 3.19. The van der Waals surface area contributed by atoms with Gasteiger partial charge in [0.25, 0.3) is 0 Å². The monoisotopic (exact) mass is 274 g/mol. The summed E-state index contributed by atoms with van der Waals surface area (Å²) in [6, 6.07) is 9.79. The summed E-state index contributed by atoms with van der Waals surface area (Å²) >= 11 is 0. The Morgan fingerprint density at radius 3 is 2.20 bits per heavy atom. The Balaban J connectivity index is 1.86. The van der Waals surface area contributed by atoms with Gasteiger partial charge < -0.3 is 5.32 Å². The van der Waals surface area contributed by atoms with Gasteiger partial charge in [-0.3, -0.25) is 4.90 Å². The van der Waals surface area contributed by atoms with Crippen molar-refractivity contribution in [3.05, 3.63) is 35.4 Å². The Morgan fingerprint density at radius 1 is 1.10 bits per heavy atom. The fourth-order valence-corrected chi connectivity index (χ4v) is 3.21. The average molecular weight is 274 g/mol. The summed E-state index contributed by atoms with van der Waals surface area (Å²) < 4.78 is 0. The van der Waals surface area contributed by atoms with E-state index in [1.54, 1.807) is 0 Å². The molecule has 1 aliphatic carbocycles. The minimum Gasteiger partial charge on any atom is -0.316 e. The van der Waals surface area contributed by atoms with Gasteiger partial charge in [0.15, 0.2) is 0 Å². The molecule has 0 aromatic heterocycles. The maximum absolute atomic E-state index is 3.19. The quantitative estimate of drug-likeness (QED) is 0.878. The smallest absolute Gasteiger partial charge is 0.0233 e. The summed E-state index contributed by atoms with van der Waals surface area (Å²) in [7, 11) is 4.27. The molecule has 1 aliphatic rings. The normalized spacial score (nSPS) is 19.4. The number of benzene rings is 1. The highest BCUT2D eigenvalue weighted by atomic mass is 15.1. The molecule has 1 N–H and O–H groups in total. The first kappa shape index (κ1) is 15.5. The first-order valence-corrected chi connectivity index (χ1v) is 7.93. The molecule has 0 heterocycles. The summed E-state index contributed by atoms with van der Waals surface area (Å²) in [6.07, 6.45) is 5.43. The van der Waals surface area contributed by atoms with Crippen LogP contribution in [0.3, 0.4) is 0 Å². The topological polar surface area (TPSA) is 15.3 Å². The Morgan fingerprint density at radius 2 is 1.65 bits per heavy atom. The zero-order valence-corrected chi connectivity index (χ0v) is 13.6. The van der Waals surface area contributed by atoms with Crippen LogP contribution in [0.2, 0.25) is 0 Å². The lowest BCUT2D eigenvalue weighted by atomic mass is 9.75.